The lowest BCUT2D eigenvalue weighted by molar-refractivity contribution is 0.199. The van der Waals surface area contributed by atoms with E-state index in [1.807, 2.05) is 11.0 Å². The smallest absolute Gasteiger partial charge is 0.129 e. The van der Waals surface area contributed by atoms with Crippen LogP contribution in [0.5, 0.6) is 0 Å². The van der Waals surface area contributed by atoms with Crippen LogP contribution in [0.4, 0.5) is 5.82 Å². The summed E-state index contributed by atoms with van der Waals surface area (Å²) in [7, 11) is 0. The van der Waals surface area contributed by atoms with E-state index >= 15 is 0 Å². The van der Waals surface area contributed by atoms with Crippen LogP contribution in [0, 0.1) is 0 Å². The quantitative estimate of drug-likeness (QED) is 0.708. The fourth-order valence-corrected chi connectivity index (χ4v) is 1.44. The summed E-state index contributed by atoms with van der Waals surface area (Å²) in [4.78, 5) is 6.12. The summed E-state index contributed by atoms with van der Waals surface area (Å²) in [6, 6.07) is 3.60. The van der Waals surface area contributed by atoms with Gasteiger partial charge >= 0.3 is 0 Å². The van der Waals surface area contributed by atoms with Crippen molar-refractivity contribution in [2.45, 2.75) is 13.0 Å². The first-order chi connectivity index (χ1) is 7.69. The molecule has 4 nitrogen and oxygen atoms in total. The topological polar surface area (TPSA) is 56.6 Å². The van der Waals surface area contributed by atoms with Crippen molar-refractivity contribution in [2.24, 2.45) is 0 Å². The number of pyridine rings is 1. The first-order valence-corrected chi connectivity index (χ1v) is 5.29. The van der Waals surface area contributed by atoms with Gasteiger partial charge in [-0.15, -0.1) is 6.58 Å². The fraction of sp³-hybridized carbons (Fsp3) is 0.417. The first-order valence-electron chi connectivity index (χ1n) is 5.29. The van der Waals surface area contributed by atoms with E-state index in [-0.39, 0.29) is 6.61 Å². The zero-order valence-corrected chi connectivity index (χ0v) is 9.50. The van der Waals surface area contributed by atoms with Crippen molar-refractivity contribution in [3.8, 4) is 0 Å². The molecule has 1 unspecified atom stereocenters. The molecule has 0 aliphatic heterocycles. The molecule has 0 aliphatic rings. The van der Waals surface area contributed by atoms with E-state index in [0.717, 1.165) is 11.4 Å². The highest BCUT2D eigenvalue weighted by molar-refractivity contribution is 5.42. The predicted molar refractivity (Wildman–Crippen MR) is 64.4 cm³/mol. The Kier molecular flexibility index (Phi) is 4.95. The second kappa shape index (κ2) is 6.25. The maximum atomic E-state index is 9.47. The molecule has 0 radical (unpaired) electrons. The number of aromatic nitrogens is 1. The van der Waals surface area contributed by atoms with E-state index < -0.39 is 6.10 Å². The van der Waals surface area contributed by atoms with Gasteiger partial charge in [0.25, 0.3) is 0 Å². The molecule has 0 aliphatic carbocycles. The second-order valence-corrected chi connectivity index (χ2v) is 3.58. The minimum absolute atomic E-state index is 0.0639. The van der Waals surface area contributed by atoms with Gasteiger partial charge in [0.1, 0.15) is 5.82 Å². The van der Waals surface area contributed by atoms with Crippen molar-refractivity contribution >= 4 is 5.82 Å². The average Bonchev–Trinajstić information content (AvgIpc) is 2.29. The van der Waals surface area contributed by atoms with Gasteiger partial charge in [-0.1, -0.05) is 6.08 Å². The van der Waals surface area contributed by atoms with Crippen LogP contribution in [0.25, 0.3) is 0 Å². The Bertz CT molecular complexity index is 340. The van der Waals surface area contributed by atoms with Crippen LogP contribution >= 0.6 is 0 Å². The molecular weight excluding hydrogens is 204 g/mol. The summed E-state index contributed by atoms with van der Waals surface area (Å²) >= 11 is 0. The maximum Gasteiger partial charge on any atom is 0.129 e. The molecule has 0 amide bonds. The summed E-state index contributed by atoms with van der Waals surface area (Å²) in [6.07, 6.45) is 2.90. The molecule has 4 heteroatoms. The molecule has 16 heavy (non-hydrogen) atoms. The van der Waals surface area contributed by atoms with Gasteiger partial charge < -0.3 is 15.1 Å². The fourth-order valence-electron chi connectivity index (χ4n) is 1.44. The number of aliphatic hydroxyl groups is 2. The van der Waals surface area contributed by atoms with Gasteiger partial charge in [0, 0.05) is 19.3 Å². The minimum Gasteiger partial charge on any atom is -0.395 e. The third-order valence-electron chi connectivity index (χ3n) is 2.30. The van der Waals surface area contributed by atoms with Crippen LogP contribution in [0.15, 0.2) is 31.0 Å². The molecule has 0 aromatic carbocycles. The summed E-state index contributed by atoms with van der Waals surface area (Å²) in [5, 5.41) is 18.4. The van der Waals surface area contributed by atoms with Gasteiger partial charge in [-0.05, 0) is 24.6 Å². The standard InChI is InChI=1S/C12H18N2O2/c1-3-6-14(7-8-15)12-9-11(10(2)16)4-5-13-12/h3-5,9-10,15-16H,1,6-8H2,2H3. The van der Waals surface area contributed by atoms with Gasteiger partial charge in [-0.2, -0.15) is 0 Å². The lowest BCUT2D eigenvalue weighted by Crippen LogP contribution is -2.27. The Hall–Kier alpha value is -1.39. The molecule has 1 aromatic heterocycles. The molecule has 1 heterocycles. The van der Waals surface area contributed by atoms with Gasteiger partial charge in [0.05, 0.1) is 12.7 Å². The summed E-state index contributed by atoms with van der Waals surface area (Å²) in [6.45, 7) is 6.56. The summed E-state index contributed by atoms with van der Waals surface area (Å²) in [5.74, 6) is 0.743. The van der Waals surface area contributed by atoms with Crippen LogP contribution in [-0.2, 0) is 0 Å². The van der Waals surface area contributed by atoms with Crippen molar-refractivity contribution in [3.63, 3.8) is 0 Å². The Morgan fingerprint density at radius 3 is 2.94 bits per heavy atom. The number of aliphatic hydroxyl groups excluding tert-OH is 2. The highest BCUT2D eigenvalue weighted by atomic mass is 16.3. The lowest BCUT2D eigenvalue weighted by atomic mass is 10.1. The second-order valence-electron chi connectivity index (χ2n) is 3.58. The van der Waals surface area contributed by atoms with Crippen LogP contribution in [0.2, 0.25) is 0 Å². The zero-order valence-electron chi connectivity index (χ0n) is 9.50. The highest BCUT2D eigenvalue weighted by Gasteiger charge is 2.08. The first kappa shape index (κ1) is 12.7. The number of hydrogen-bond acceptors (Lipinski definition) is 4. The molecule has 1 atom stereocenters. The van der Waals surface area contributed by atoms with Crippen molar-refractivity contribution in [1.82, 2.24) is 4.98 Å². The monoisotopic (exact) mass is 222 g/mol. The van der Waals surface area contributed by atoms with Crippen molar-refractivity contribution in [1.29, 1.82) is 0 Å². The van der Waals surface area contributed by atoms with Gasteiger partial charge in [0.2, 0.25) is 0 Å². The molecule has 1 aromatic rings. The van der Waals surface area contributed by atoms with E-state index in [9.17, 15) is 5.11 Å². The van der Waals surface area contributed by atoms with Gasteiger partial charge in [-0.3, -0.25) is 0 Å². The Morgan fingerprint density at radius 2 is 2.38 bits per heavy atom. The van der Waals surface area contributed by atoms with Crippen molar-refractivity contribution in [2.75, 3.05) is 24.6 Å². The SMILES string of the molecule is C=CCN(CCO)c1cc(C(C)O)ccn1. The van der Waals surface area contributed by atoms with Gasteiger partial charge in [-0.25, -0.2) is 4.98 Å². The molecule has 2 N–H and O–H groups in total. The Balaban J connectivity index is 2.90. The molecular formula is C12H18N2O2. The zero-order chi connectivity index (χ0) is 12.0. The van der Waals surface area contributed by atoms with E-state index in [4.69, 9.17) is 5.11 Å². The minimum atomic E-state index is -0.513. The summed E-state index contributed by atoms with van der Waals surface area (Å²) < 4.78 is 0. The molecule has 0 saturated heterocycles. The van der Waals surface area contributed by atoms with Crippen LogP contribution in [-0.4, -0.2) is 34.9 Å². The number of rotatable bonds is 6. The molecule has 88 valence electrons. The normalized spacial score (nSPS) is 12.2. The summed E-state index contributed by atoms with van der Waals surface area (Å²) in [5.41, 5.74) is 0.817. The van der Waals surface area contributed by atoms with E-state index in [1.165, 1.54) is 0 Å². The van der Waals surface area contributed by atoms with E-state index in [1.54, 1.807) is 25.3 Å². The number of hydrogen-bond donors (Lipinski definition) is 2. The van der Waals surface area contributed by atoms with Crippen LogP contribution in [0.3, 0.4) is 0 Å². The molecule has 0 bridgehead atoms. The largest absolute Gasteiger partial charge is 0.395 e. The number of nitrogens with zero attached hydrogens (tertiary/aromatic N) is 2. The van der Waals surface area contributed by atoms with E-state index in [0.29, 0.717) is 13.1 Å². The van der Waals surface area contributed by atoms with E-state index in [2.05, 4.69) is 11.6 Å². The molecule has 0 saturated carbocycles. The van der Waals surface area contributed by atoms with Crippen LogP contribution < -0.4 is 4.90 Å². The Morgan fingerprint density at radius 1 is 1.62 bits per heavy atom. The third kappa shape index (κ3) is 3.32. The molecule has 1 rings (SSSR count). The molecule has 0 spiro atoms. The predicted octanol–water partition coefficient (Wildman–Crippen LogP) is 1.12. The third-order valence-corrected chi connectivity index (χ3v) is 2.30. The molecule has 0 fully saturated rings. The van der Waals surface area contributed by atoms with Crippen molar-refractivity contribution in [3.05, 3.63) is 36.5 Å². The lowest BCUT2D eigenvalue weighted by Gasteiger charge is -2.21. The highest BCUT2D eigenvalue weighted by Crippen LogP contribution is 2.17. The maximum absolute atomic E-state index is 9.47. The Labute approximate surface area is 95.9 Å². The number of anilines is 1. The van der Waals surface area contributed by atoms with Crippen LogP contribution in [0.1, 0.15) is 18.6 Å². The average molecular weight is 222 g/mol. The van der Waals surface area contributed by atoms with Crippen molar-refractivity contribution < 1.29 is 10.2 Å². The van der Waals surface area contributed by atoms with Gasteiger partial charge in [0.15, 0.2) is 0 Å².